The van der Waals surface area contributed by atoms with E-state index in [1.807, 2.05) is 18.7 Å². The number of hydrogen-bond acceptors (Lipinski definition) is 3. The van der Waals surface area contributed by atoms with Crippen LogP contribution in [0.1, 0.15) is 52.4 Å². The zero-order valence-electron chi connectivity index (χ0n) is 13.5. The number of amides is 1. The number of nitriles is 1. The summed E-state index contributed by atoms with van der Waals surface area (Å²) in [6, 6.07) is 2.91. The fraction of sp³-hybridized carbons (Fsp3) is 0.875. The summed E-state index contributed by atoms with van der Waals surface area (Å²) in [5.74, 6) is 0.0703. The summed E-state index contributed by atoms with van der Waals surface area (Å²) in [4.78, 5) is 17.0. The number of likely N-dealkylation sites (tertiary alicyclic amines) is 1. The van der Waals surface area contributed by atoms with Crippen LogP contribution >= 0.6 is 0 Å². The summed E-state index contributed by atoms with van der Waals surface area (Å²) < 4.78 is 0. The highest BCUT2D eigenvalue weighted by molar-refractivity contribution is 5.85. The average molecular weight is 279 g/mol. The molecule has 1 aliphatic heterocycles. The van der Waals surface area contributed by atoms with Crippen molar-refractivity contribution in [3.8, 4) is 6.07 Å². The van der Waals surface area contributed by atoms with E-state index in [9.17, 15) is 10.1 Å². The fourth-order valence-corrected chi connectivity index (χ4v) is 3.24. The van der Waals surface area contributed by atoms with Gasteiger partial charge in [0, 0.05) is 19.1 Å². The van der Waals surface area contributed by atoms with Crippen molar-refractivity contribution >= 4 is 5.91 Å². The van der Waals surface area contributed by atoms with Crippen molar-refractivity contribution in [2.45, 2.75) is 58.4 Å². The van der Waals surface area contributed by atoms with Gasteiger partial charge in [-0.25, -0.2) is 0 Å². The first-order valence-electron chi connectivity index (χ1n) is 7.87. The molecule has 1 aliphatic rings. The SMILES string of the molecule is CCCC(C#N)(CCC)C(=O)N1CCC(N(C)C)CC1. The molecule has 1 saturated heterocycles. The Morgan fingerprint density at radius 3 is 2.10 bits per heavy atom. The molecule has 0 radical (unpaired) electrons. The van der Waals surface area contributed by atoms with E-state index in [1.165, 1.54) is 0 Å². The van der Waals surface area contributed by atoms with Gasteiger partial charge in [0.15, 0.2) is 0 Å². The lowest BCUT2D eigenvalue weighted by Gasteiger charge is -2.39. The molecule has 0 aromatic heterocycles. The number of carbonyl (C=O) groups excluding carboxylic acids is 1. The maximum atomic E-state index is 12.8. The van der Waals surface area contributed by atoms with Gasteiger partial charge in [-0.1, -0.05) is 26.7 Å². The second kappa shape index (κ2) is 7.64. The van der Waals surface area contributed by atoms with Gasteiger partial charge in [0.05, 0.1) is 6.07 Å². The molecule has 4 nitrogen and oxygen atoms in total. The van der Waals surface area contributed by atoms with Crippen LogP contribution < -0.4 is 0 Å². The van der Waals surface area contributed by atoms with Crippen LogP contribution in [0.5, 0.6) is 0 Å². The van der Waals surface area contributed by atoms with E-state index >= 15 is 0 Å². The van der Waals surface area contributed by atoms with Crippen LogP contribution in [0.2, 0.25) is 0 Å². The van der Waals surface area contributed by atoms with E-state index in [2.05, 4.69) is 25.1 Å². The molecule has 1 rings (SSSR count). The molecule has 0 atom stereocenters. The number of piperidine rings is 1. The quantitative estimate of drug-likeness (QED) is 0.751. The maximum Gasteiger partial charge on any atom is 0.243 e. The first-order valence-corrected chi connectivity index (χ1v) is 7.87. The number of nitrogens with zero attached hydrogens (tertiary/aromatic N) is 3. The minimum atomic E-state index is -0.783. The molecule has 1 amide bonds. The highest BCUT2D eigenvalue weighted by Crippen LogP contribution is 2.32. The van der Waals surface area contributed by atoms with Crippen LogP contribution in [0, 0.1) is 16.7 Å². The van der Waals surface area contributed by atoms with Crippen molar-refractivity contribution in [1.29, 1.82) is 5.26 Å². The van der Waals surface area contributed by atoms with Gasteiger partial charge in [0.1, 0.15) is 5.41 Å². The van der Waals surface area contributed by atoms with Gasteiger partial charge in [-0.05, 0) is 39.8 Å². The van der Waals surface area contributed by atoms with E-state index < -0.39 is 5.41 Å². The maximum absolute atomic E-state index is 12.8. The standard InChI is InChI=1S/C16H29N3O/c1-5-9-16(13-17,10-6-2)15(20)19-11-7-14(8-12-19)18(3)4/h14H,5-12H2,1-4H3. The third-order valence-electron chi connectivity index (χ3n) is 4.46. The van der Waals surface area contributed by atoms with Crippen molar-refractivity contribution in [3.63, 3.8) is 0 Å². The van der Waals surface area contributed by atoms with Crippen LogP contribution in [-0.4, -0.2) is 48.9 Å². The third kappa shape index (κ3) is 3.73. The van der Waals surface area contributed by atoms with Crippen molar-refractivity contribution in [3.05, 3.63) is 0 Å². The van der Waals surface area contributed by atoms with Crippen LogP contribution in [-0.2, 0) is 4.79 Å². The molecule has 0 aromatic carbocycles. The highest BCUT2D eigenvalue weighted by Gasteiger charge is 2.41. The molecule has 0 saturated carbocycles. The van der Waals surface area contributed by atoms with Crippen molar-refractivity contribution in [1.82, 2.24) is 9.80 Å². The highest BCUT2D eigenvalue weighted by atomic mass is 16.2. The lowest BCUT2D eigenvalue weighted by atomic mass is 9.79. The summed E-state index contributed by atoms with van der Waals surface area (Å²) in [7, 11) is 4.19. The van der Waals surface area contributed by atoms with Crippen molar-refractivity contribution in [2.75, 3.05) is 27.2 Å². The van der Waals surface area contributed by atoms with Crippen molar-refractivity contribution in [2.24, 2.45) is 5.41 Å². The number of hydrogen-bond donors (Lipinski definition) is 0. The predicted octanol–water partition coefficient (Wildman–Crippen LogP) is 2.65. The normalized spacial score (nSPS) is 17.3. The number of rotatable bonds is 6. The smallest absolute Gasteiger partial charge is 0.243 e. The van der Waals surface area contributed by atoms with Crippen LogP contribution in [0.15, 0.2) is 0 Å². The van der Waals surface area contributed by atoms with Gasteiger partial charge in [-0.2, -0.15) is 5.26 Å². The summed E-state index contributed by atoms with van der Waals surface area (Å²) in [6.45, 7) is 5.68. The lowest BCUT2D eigenvalue weighted by Crippen LogP contribution is -2.49. The van der Waals surface area contributed by atoms with Gasteiger partial charge in [-0.15, -0.1) is 0 Å². The molecule has 0 unspecified atom stereocenters. The van der Waals surface area contributed by atoms with Gasteiger partial charge in [-0.3, -0.25) is 4.79 Å². The first kappa shape index (κ1) is 17.0. The van der Waals surface area contributed by atoms with Gasteiger partial charge < -0.3 is 9.80 Å². The fourth-order valence-electron chi connectivity index (χ4n) is 3.24. The molecule has 20 heavy (non-hydrogen) atoms. The minimum absolute atomic E-state index is 0.0703. The molecule has 0 spiro atoms. The summed E-state index contributed by atoms with van der Waals surface area (Å²) >= 11 is 0. The molecule has 0 bridgehead atoms. The molecular weight excluding hydrogens is 250 g/mol. The Hall–Kier alpha value is -1.08. The van der Waals surface area contributed by atoms with Gasteiger partial charge in [0.25, 0.3) is 0 Å². The Morgan fingerprint density at radius 2 is 1.75 bits per heavy atom. The van der Waals surface area contributed by atoms with E-state index in [0.29, 0.717) is 18.9 Å². The van der Waals surface area contributed by atoms with E-state index in [-0.39, 0.29) is 5.91 Å². The molecule has 0 N–H and O–H groups in total. The second-order valence-electron chi connectivity index (χ2n) is 6.18. The lowest BCUT2D eigenvalue weighted by molar-refractivity contribution is -0.141. The molecule has 114 valence electrons. The van der Waals surface area contributed by atoms with E-state index in [4.69, 9.17) is 0 Å². The monoisotopic (exact) mass is 279 g/mol. The molecule has 0 aromatic rings. The Labute approximate surface area is 123 Å². The summed E-state index contributed by atoms with van der Waals surface area (Å²) in [5.41, 5.74) is -0.783. The Balaban J connectivity index is 2.74. The second-order valence-corrected chi connectivity index (χ2v) is 6.18. The predicted molar refractivity (Wildman–Crippen MR) is 81.2 cm³/mol. The first-order chi connectivity index (χ1) is 9.50. The average Bonchev–Trinajstić information content (AvgIpc) is 2.46. The Bertz CT molecular complexity index is 345. The van der Waals surface area contributed by atoms with Gasteiger partial charge in [0.2, 0.25) is 5.91 Å². The minimum Gasteiger partial charge on any atom is -0.341 e. The molecule has 1 heterocycles. The molecule has 1 fully saturated rings. The Kier molecular flexibility index (Phi) is 6.48. The number of carbonyl (C=O) groups is 1. The van der Waals surface area contributed by atoms with Crippen LogP contribution in [0.4, 0.5) is 0 Å². The van der Waals surface area contributed by atoms with Crippen LogP contribution in [0.25, 0.3) is 0 Å². The summed E-state index contributed by atoms with van der Waals surface area (Å²) in [5, 5.41) is 9.57. The topological polar surface area (TPSA) is 47.3 Å². The largest absolute Gasteiger partial charge is 0.341 e. The zero-order chi connectivity index (χ0) is 15.2. The summed E-state index contributed by atoms with van der Waals surface area (Å²) in [6.07, 6.45) is 5.16. The van der Waals surface area contributed by atoms with Gasteiger partial charge >= 0.3 is 0 Å². The van der Waals surface area contributed by atoms with E-state index in [1.54, 1.807) is 0 Å². The van der Waals surface area contributed by atoms with Crippen LogP contribution in [0.3, 0.4) is 0 Å². The molecule has 4 heteroatoms. The third-order valence-corrected chi connectivity index (χ3v) is 4.46. The van der Waals surface area contributed by atoms with Crippen molar-refractivity contribution < 1.29 is 4.79 Å². The molecular formula is C16H29N3O. The Morgan fingerprint density at radius 1 is 1.25 bits per heavy atom. The zero-order valence-corrected chi connectivity index (χ0v) is 13.5. The molecule has 0 aliphatic carbocycles. The van der Waals surface area contributed by atoms with E-state index in [0.717, 1.165) is 38.8 Å².